The number of carbonyl (C=O) groups excluding carboxylic acids is 1. The number of aromatic nitrogens is 2. The minimum absolute atomic E-state index is 0.214. The molecule has 0 aliphatic heterocycles. The van der Waals surface area contributed by atoms with E-state index < -0.39 is 12.1 Å². The summed E-state index contributed by atoms with van der Waals surface area (Å²) in [6.45, 7) is 3.47. The van der Waals surface area contributed by atoms with Crippen LogP contribution in [-0.4, -0.2) is 22.8 Å². The quantitative estimate of drug-likeness (QED) is 0.377. The van der Waals surface area contributed by atoms with Crippen molar-refractivity contribution >= 4 is 5.97 Å². The monoisotopic (exact) mass is 414 g/mol. The zero-order valence-corrected chi connectivity index (χ0v) is 17.3. The van der Waals surface area contributed by atoms with Gasteiger partial charge >= 0.3 is 5.97 Å². The third kappa shape index (κ3) is 5.17. The predicted octanol–water partition coefficient (Wildman–Crippen LogP) is 5.40. The van der Waals surface area contributed by atoms with Gasteiger partial charge in [0.05, 0.1) is 0 Å². The molecule has 1 heterocycles. The van der Waals surface area contributed by atoms with Crippen LogP contribution in [-0.2, 0) is 9.53 Å². The van der Waals surface area contributed by atoms with E-state index in [9.17, 15) is 4.79 Å². The highest BCUT2D eigenvalue weighted by Gasteiger charge is 2.19. The molecule has 3 aromatic carbocycles. The number of hydrogen-bond donors (Lipinski definition) is 0. The maximum Gasteiger partial charge on any atom is 0.344 e. The van der Waals surface area contributed by atoms with Crippen molar-refractivity contribution in [2.24, 2.45) is 0 Å². The Kier molecular flexibility index (Phi) is 6.08. The van der Waals surface area contributed by atoms with Crippen LogP contribution in [0, 0.1) is 6.92 Å². The minimum atomic E-state index is -0.678. The average Bonchev–Trinajstić information content (AvgIpc) is 3.30. The van der Waals surface area contributed by atoms with Crippen LogP contribution in [0.25, 0.3) is 22.6 Å². The van der Waals surface area contributed by atoms with Gasteiger partial charge in [-0.25, -0.2) is 4.79 Å². The molecule has 1 atom stereocenters. The van der Waals surface area contributed by atoms with Crippen molar-refractivity contribution in [3.63, 3.8) is 0 Å². The van der Waals surface area contributed by atoms with Crippen molar-refractivity contribution in [1.29, 1.82) is 0 Å². The highest BCUT2D eigenvalue weighted by molar-refractivity contribution is 5.71. The van der Waals surface area contributed by atoms with Gasteiger partial charge in [-0.05, 0) is 49.2 Å². The van der Waals surface area contributed by atoms with E-state index in [-0.39, 0.29) is 12.5 Å². The van der Waals surface area contributed by atoms with E-state index in [2.05, 4.69) is 10.2 Å². The average molecular weight is 414 g/mol. The number of ether oxygens (including phenoxy) is 2. The zero-order valence-electron chi connectivity index (χ0n) is 17.3. The van der Waals surface area contributed by atoms with Gasteiger partial charge in [-0.15, -0.1) is 10.2 Å². The molecule has 1 aromatic heterocycles. The molecule has 4 aromatic rings. The molecule has 6 nitrogen and oxygen atoms in total. The molecule has 0 aliphatic carbocycles. The van der Waals surface area contributed by atoms with Crippen molar-refractivity contribution in [2.75, 3.05) is 6.61 Å². The van der Waals surface area contributed by atoms with Crippen molar-refractivity contribution in [3.8, 4) is 28.3 Å². The van der Waals surface area contributed by atoms with Crippen molar-refractivity contribution in [3.05, 3.63) is 90.3 Å². The zero-order chi connectivity index (χ0) is 21.6. The van der Waals surface area contributed by atoms with Crippen LogP contribution >= 0.6 is 0 Å². The molecule has 31 heavy (non-hydrogen) atoms. The molecule has 0 unspecified atom stereocenters. The number of rotatable bonds is 7. The summed E-state index contributed by atoms with van der Waals surface area (Å²) in [7, 11) is 0. The molecule has 0 radical (unpaired) electrons. The van der Waals surface area contributed by atoms with Crippen LogP contribution in [0.5, 0.6) is 5.75 Å². The van der Waals surface area contributed by atoms with E-state index in [1.807, 2.05) is 85.8 Å². The molecule has 0 spiro atoms. The third-order valence-electron chi connectivity index (χ3n) is 4.71. The summed E-state index contributed by atoms with van der Waals surface area (Å²) in [5.41, 5.74) is 4.14. The molecular weight excluding hydrogens is 392 g/mol. The fourth-order valence-electron chi connectivity index (χ4n) is 3.01. The van der Waals surface area contributed by atoms with Gasteiger partial charge in [0.25, 0.3) is 5.89 Å². The molecule has 0 fully saturated rings. The van der Waals surface area contributed by atoms with E-state index >= 15 is 0 Å². The maximum atomic E-state index is 12.2. The van der Waals surface area contributed by atoms with Gasteiger partial charge in [-0.1, -0.05) is 60.2 Å². The first kappa shape index (κ1) is 20.3. The number of hydrogen-bond acceptors (Lipinski definition) is 6. The van der Waals surface area contributed by atoms with Crippen LogP contribution in [0.2, 0.25) is 0 Å². The van der Waals surface area contributed by atoms with E-state index in [0.29, 0.717) is 11.6 Å². The van der Waals surface area contributed by atoms with Gasteiger partial charge in [-0.2, -0.15) is 0 Å². The van der Waals surface area contributed by atoms with Crippen molar-refractivity contribution < 1.29 is 18.7 Å². The van der Waals surface area contributed by atoms with Crippen LogP contribution < -0.4 is 4.74 Å². The van der Waals surface area contributed by atoms with Crippen LogP contribution in [0.4, 0.5) is 0 Å². The molecule has 0 aliphatic rings. The Labute approximate surface area is 180 Å². The highest BCUT2D eigenvalue weighted by Crippen LogP contribution is 2.24. The lowest BCUT2D eigenvalue weighted by molar-refractivity contribution is -0.152. The normalized spacial score (nSPS) is 11.7. The molecule has 0 amide bonds. The molecule has 0 bridgehead atoms. The van der Waals surface area contributed by atoms with Crippen LogP contribution in [0.3, 0.4) is 0 Å². The second kappa shape index (κ2) is 9.26. The lowest BCUT2D eigenvalue weighted by atomic mass is 10.1. The number of benzene rings is 3. The number of carbonyl (C=O) groups is 1. The molecular formula is C25H22N2O4. The fraction of sp³-hybridized carbons (Fsp3) is 0.160. The van der Waals surface area contributed by atoms with E-state index in [0.717, 1.165) is 22.3 Å². The largest absolute Gasteiger partial charge is 0.482 e. The van der Waals surface area contributed by atoms with Gasteiger partial charge in [0.1, 0.15) is 5.75 Å². The summed E-state index contributed by atoms with van der Waals surface area (Å²) in [5, 5.41) is 8.02. The first-order valence-electron chi connectivity index (χ1n) is 9.97. The Morgan fingerprint density at radius 3 is 2.23 bits per heavy atom. The topological polar surface area (TPSA) is 74.5 Å². The molecule has 0 N–H and O–H groups in total. The Balaban J connectivity index is 1.30. The maximum absolute atomic E-state index is 12.2. The fourth-order valence-corrected chi connectivity index (χ4v) is 3.01. The number of esters is 1. The SMILES string of the molecule is Cc1ccc(-c2nnc([C@H](C)OC(=O)COc3ccc(-c4ccccc4)cc3)o2)cc1. The van der Waals surface area contributed by atoms with Gasteiger partial charge in [0.15, 0.2) is 12.7 Å². The summed E-state index contributed by atoms with van der Waals surface area (Å²) in [4.78, 5) is 12.2. The predicted molar refractivity (Wildman–Crippen MR) is 116 cm³/mol. The molecule has 0 saturated heterocycles. The van der Waals surface area contributed by atoms with E-state index in [4.69, 9.17) is 13.9 Å². The number of aryl methyl sites for hydroxylation is 1. The van der Waals surface area contributed by atoms with Crippen molar-refractivity contribution in [1.82, 2.24) is 10.2 Å². The van der Waals surface area contributed by atoms with Gasteiger partial charge in [0.2, 0.25) is 5.89 Å². The summed E-state index contributed by atoms with van der Waals surface area (Å²) >= 11 is 0. The Morgan fingerprint density at radius 2 is 1.52 bits per heavy atom. The Morgan fingerprint density at radius 1 is 0.871 bits per heavy atom. The minimum Gasteiger partial charge on any atom is -0.482 e. The van der Waals surface area contributed by atoms with Gasteiger partial charge in [0, 0.05) is 5.56 Å². The second-order valence-electron chi connectivity index (χ2n) is 7.12. The molecule has 6 heteroatoms. The first-order chi connectivity index (χ1) is 15.1. The number of nitrogens with zero attached hydrogens (tertiary/aromatic N) is 2. The third-order valence-corrected chi connectivity index (χ3v) is 4.71. The summed E-state index contributed by atoms with van der Waals surface area (Å²) < 4.78 is 16.5. The highest BCUT2D eigenvalue weighted by atomic mass is 16.6. The van der Waals surface area contributed by atoms with Gasteiger partial charge < -0.3 is 13.9 Å². The van der Waals surface area contributed by atoms with E-state index in [1.54, 1.807) is 6.92 Å². The molecule has 156 valence electrons. The standard InChI is InChI=1S/C25H22N2O4/c1-17-8-10-21(11-9-17)25-27-26-24(31-25)18(2)30-23(28)16-29-22-14-12-20(13-15-22)19-6-4-3-5-7-19/h3-15,18H,16H2,1-2H3/t18-/m0/s1. The van der Waals surface area contributed by atoms with Crippen molar-refractivity contribution in [2.45, 2.75) is 20.0 Å². The first-order valence-corrected chi connectivity index (χ1v) is 9.97. The summed E-state index contributed by atoms with van der Waals surface area (Å²) in [6.07, 6.45) is -0.678. The lowest BCUT2D eigenvalue weighted by Crippen LogP contribution is -2.17. The Hall–Kier alpha value is -3.93. The lowest BCUT2D eigenvalue weighted by Gasteiger charge is -2.11. The smallest absolute Gasteiger partial charge is 0.344 e. The van der Waals surface area contributed by atoms with Gasteiger partial charge in [-0.3, -0.25) is 0 Å². The van der Waals surface area contributed by atoms with Crippen LogP contribution in [0.15, 0.2) is 83.3 Å². The summed E-state index contributed by atoms with van der Waals surface area (Å²) in [6, 6.07) is 25.3. The second-order valence-corrected chi connectivity index (χ2v) is 7.12. The van der Waals surface area contributed by atoms with Crippen LogP contribution in [0.1, 0.15) is 24.5 Å². The molecule has 4 rings (SSSR count). The Bertz CT molecular complexity index is 1140. The molecule has 0 saturated carbocycles. The van der Waals surface area contributed by atoms with E-state index in [1.165, 1.54) is 0 Å². The summed E-state index contributed by atoms with van der Waals surface area (Å²) in [5.74, 6) is 0.683.